The lowest BCUT2D eigenvalue weighted by Gasteiger charge is -2.18. The summed E-state index contributed by atoms with van der Waals surface area (Å²) < 4.78 is 16.9. The number of esters is 3. The third-order valence-corrected chi connectivity index (χ3v) is 12.4. The van der Waals surface area contributed by atoms with Gasteiger partial charge in [0.15, 0.2) is 6.10 Å². The summed E-state index contributed by atoms with van der Waals surface area (Å²) >= 11 is 0. The highest BCUT2D eigenvalue weighted by Crippen LogP contribution is 2.15. The topological polar surface area (TPSA) is 78.9 Å². The molecule has 0 N–H and O–H groups in total. The van der Waals surface area contributed by atoms with Crippen LogP contribution in [0.4, 0.5) is 0 Å². The summed E-state index contributed by atoms with van der Waals surface area (Å²) in [4.78, 5) is 38.2. The number of allylic oxidation sites excluding steroid dienone is 14. The van der Waals surface area contributed by atoms with Gasteiger partial charge in [-0.2, -0.15) is 0 Å². The number of unbranched alkanes of at least 4 members (excludes halogenated alkanes) is 27. The second kappa shape index (κ2) is 57.2. The van der Waals surface area contributed by atoms with Gasteiger partial charge in [-0.3, -0.25) is 14.4 Å². The fraction of sp³-hybridized carbons (Fsp3) is 0.730. The quantitative estimate of drug-likeness (QED) is 0.0262. The maximum atomic E-state index is 12.9. The Morgan fingerprint density at radius 2 is 0.565 bits per heavy atom. The van der Waals surface area contributed by atoms with Crippen LogP contribution in [0.25, 0.3) is 0 Å². The Bertz CT molecular complexity index is 1330. The Labute approximate surface area is 426 Å². The van der Waals surface area contributed by atoms with Gasteiger partial charge in [0.25, 0.3) is 0 Å². The van der Waals surface area contributed by atoms with E-state index in [1.54, 1.807) is 0 Å². The second-order valence-corrected chi connectivity index (χ2v) is 19.2. The molecule has 6 heteroatoms. The van der Waals surface area contributed by atoms with E-state index in [2.05, 4.69) is 106 Å². The molecule has 0 aromatic rings. The number of carbonyl (C=O) groups excluding carboxylic acids is 3. The molecule has 0 aliphatic rings. The summed E-state index contributed by atoms with van der Waals surface area (Å²) in [6.07, 6.45) is 74.2. The molecular weight excluding hydrogens is 853 g/mol. The normalized spacial score (nSPS) is 12.7. The van der Waals surface area contributed by atoms with E-state index in [0.717, 1.165) is 109 Å². The maximum absolute atomic E-state index is 12.9. The molecule has 0 saturated carbocycles. The summed E-state index contributed by atoms with van der Waals surface area (Å²) in [7, 11) is 0. The highest BCUT2D eigenvalue weighted by Gasteiger charge is 2.19. The molecule has 396 valence electrons. The molecule has 0 aromatic carbocycles. The number of carbonyl (C=O) groups is 3. The van der Waals surface area contributed by atoms with Crippen LogP contribution in [-0.4, -0.2) is 37.2 Å². The predicted molar refractivity (Wildman–Crippen MR) is 297 cm³/mol. The molecule has 0 heterocycles. The van der Waals surface area contributed by atoms with Crippen LogP contribution in [0.5, 0.6) is 0 Å². The van der Waals surface area contributed by atoms with Crippen molar-refractivity contribution in [1.82, 2.24) is 0 Å². The van der Waals surface area contributed by atoms with Crippen LogP contribution in [0.3, 0.4) is 0 Å². The van der Waals surface area contributed by atoms with Crippen molar-refractivity contribution < 1.29 is 28.6 Å². The minimum atomic E-state index is -0.794. The van der Waals surface area contributed by atoms with Crippen LogP contribution >= 0.6 is 0 Å². The summed E-state index contributed by atoms with van der Waals surface area (Å²) in [5, 5.41) is 0. The number of hydrogen-bond donors (Lipinski definition) is 0. The number of ether oxygens (including phenoxy) is 3. The van der Waals surface area contributed by atoms with Crippen molar-refractivity contribution in [1.29, 1.82) is 0 Å². The SMILES string of the molecule is CC/C=C\C/C=C\C/C=C\C/C=C\CCCCCCC(=O)OC[C@H](COC(=O)CCCCCCCCC/C=C\CCCCCCCC)OC(=O)CCCCCCCCC/C=C\C/C=C\CCCCC. The molecule has 69 heavy (non-hydrogen) atoms. The molecule has 0 bridgehead atoms. The lowest BCUT2D eigenvalue weighted by Crippen LogP contribution is -2.30. The summed E-state index contributed by atoms with van der Waals surface area (Å²) in [6.45, 7) is 6.48. The Balaban J connectivity index is 4.44. The highest BCUT2D eigenvalue weighted by molar-refractivity contribution is 5.71. The molecule has 0 aromatic heterocycles. The lowest BCUT2D eigenvalue weighted by atomic mass is 10.1. The summed E-state index contributed by atoms with van der Waals surface area (Å²) in [6, 6.07) is 0. The molecule has 0 aliphatic heterocycles. The Morgan fingerprint density at radius 3 is 0.928 bits per heavy atom. The molecule has 0 radical (unpaired) electrons. The first kappa shape index (κ1) is 65.6. The van der Waals surface area contributed by atoms with Crippen LogP contribution in [-0.2, 0) is 28.6 Å². The van der Waals surface area contributed by atoms with Crippen LogP contribution in [0.1, 0.15) is 278 Å². The van der Waals surface area contributed by atoms with Crippen molar-refractivity contribution in [3.8, 4) is 0 Å². The van der Waals surface area contributed by atoms with Gasteiger partial charge in [-0.1, -0.05) is 228 Å². The predicted octanol–water partition coefficient (Wildman–Crippen LogP) is 19.5. The van der Waals surface area contributed by atoms with E-state index in [0.29, 0.717) is 19.3 Å². The van der Waals surface area contributed by atoms with Gasteiger partial charge in [0.05, 0.1) is 0 Å². The molecule has 0 spiro atoms. The van der Waals surface area contributed by atoms with Crippen molar-refractivity contribution in [3.63, 3.8) is 0 Å². The van der Waals surface area contributed by atoms with Crippen LogP contribution < -0.4 is 0 Å². The van der Waals surface area contributed by atoms with Crippen LogP contribution in [0.15, 0.2) is 85.1 Å². The van der Waals surface area contributed by atoms with E-state index < -0.39 is 6.10 Å². The monoisotopic (exact) mass is 961 g/mol. The van der Waals surface area contributed by atoms with Crippen molar-refractivity contribution in [3.05, 3.63) is 85.1 Å². The minimum Gasteiger partial charge on any atom is -0.462 e. The lowest BCUT2D eigenvalue weighted by molar-refractivity contribution is -0.167. The Hall–Kier alpha value is -3.41. The van der Waals surface area contributed by atoms with Gasteiger partial charge in [0, 0.05) is 19.3 Å². The number of hydrogen-bond acceptors (Lipinski definition) is 6. The summed E-state index contributed by atoms with van der Waals surface area (Å²) in [5.41, 5.74) is 0. The molecule has 0 amide bonds. The first-order chi connectivity index (χ1) is 34.0. The van der Waals surface area contributed by atoms with Gasteiger partial charge >= 0.3 is 17.9 Å². The Kier molecular flexibility index (Phi) is 54.3. The van der Waals surface area contributed by atoms with Gasteiger partial charge in [-0.25, -0.2) is 0 Å². The van der Waals surface area contributed by atoms with E-state index in [4.69, 9.17) is 14.2 Å². The van der Waals surface area contributed by atoms with Gasteiger partial charge in [0.2, 0.25) is 0 Å². The van der Waals surface area contributed by atoms with E-state index in [1.165, 1.54) is 128 Å². The van der Waals surface area contributed by atoms with Gasteiger partial charge in [-0.05, 0) is 116 Å². The first-order valence-corrected chi connectivity index (χ1v) is 29.1. The molecule has 0 fully saturated rings. The van der Waals surface area contributed by atoms with E-state index >= 15 is 0 Å². The van der Waals surface area contributed by atoms with E-state index in [1.807, 2.05) is 0 Å². The van der Waals surface area contributed by atoms with Gasteiger partial charge < -0.3 is 14.2 Å². The molecule has 6 nitrogen and oxygen atoms in total. The third-order valence-electron chi connectivity index (χ3n) is 12.4. The zero-order valence-electron chi connectivity index (χ0n) is 45.3. The molecule has 0 saturated heterocycles. The van der Waals surface area contributed by atoms with Gasteiger partial charge in [0.1, 0.15) is 13.2 Å². The summed E-state index contributed by atoms with van der Waals surface area (Å²) in [5.74, 6) is -0.920. The molecule has 1 atom stereocenters. The van der Waals surface area contributed by atoms with Gasteiger partial charge in [-0.15, -0.1) is 0 Å². The van der Waals surface area contributed by atoms with Crippen molar-refractivity contribution >= 4 is 17.9 Å². The second-order valence-electron chi connectivity index (χ2n) is 19.2. The molecular formula is C63H108O6. The zero-order valence-corrected chi connectivity index (χ0v) is 45.3. The number of rotatable bonds is 52. The maximum Gasteiger partial charge on any atom is 0.306 e. The Morgan fingerprint density at radius 1 is 0.304 bits per heavy atom. The first-order valence-electron chi connectivity index (χ1n) is 29.1. The third kappa shape index (κ3) is 55.4. The van der Waals surface area contributed by atoms with Crippen LogP contribution in [0.2, 0.25) is 0 Å². The molecule has 0 aliphatic carbocycles. The van der Waals surface area contributed by atoms with Crippen molar-refractivity contribution in [2.75, 3.05) is 13.2 Å². The van der Waals surface area contributed by atoms with E-state index in [-0.39, 0.29) is 31.1 Å². The molecule has 0 rings (SSSR count). The standard InChI is InChI=1S/C63H108O6/c1-4-7-10-13-16-19-22-25-28-31-34-37-40-43-46-49-52-55-61(64)67-58-60(69-63(66)57-54-51-48-45-42-39-36-33-30-27-24-21-18-15-12-9-6-3)59-68-62(65)56-53-50-47-44-41-38-35-32-29-26-23-20-17-14-11-8-5-2/h7,10,16,18-19,21,25-30,34,37,60H,4-6,8-9,11-15,17,20,22-24,31-33,35-36,38-59H2,1-3H3/b10-7-,19-16-,21-18-,28-25-,29-26-,30-27-,37-34-/t60-/m1/s1. The largest absolute Gasteiger partial charge is 0.462 e. The fourth-order valence-electron chi connectivity index (χ4n) is 7.99. The fourth-order valence-corrected chi connectivity index (χ4v) is 7.99. The molecule has 0 unspecified atom stereocenters. The average Bonchev–Trinajstić information content (AvgIpc) is 3.35. The zero-order chi connectivity index (χ0) is 50.0. The van der Waals surface area contributed by atoms with Crippen molar-refractivity contribution in [2.45, 2.75) is 284 Å². The smallest absolute Gasteiger partial charge is 0.306 e. The minimum absolute atomic E-state index is 0.0898. The van der Waals surface area contributed by atoms with E-state index in [9.17, 15) is 14.4 Å². The van der Waals surface area contributed by atoms with Crippen molar-refractivity contribution in [2.24, 2.45) is 0 Å². The average molecular weight is 962 g/mol. The highest BCUT2D eigenvalue weighted by atomic mass is 16.6. The van der Waals surface area contributed by atoms with Crippen LogP contribution in [0, 0.1) is 0 Å².